The van der Waals surface area contributed by atoms with Gasteiger partial charge in [0.25, 0.3) is 0 Å². The summed E-state index contributed by atoms with van der Waals surface area (Å²) in [6, 6.07) is 7.65. The van der Waals surface area contributed by atoms with E-state index >= 15 is 0 Å². The molecule has 0 saturated carbocycles. The molecule has 2 aromatic heterocycles. The number of aliphatic carboxylic acids is 1. The topological polar surface area (TPSA) is 54.6 Å². The van der Waals surface area contributed by atoms with Crippen molar-refractivity contribution < 1.29 is 9.90 Å². The highest BCUT2D eigenvalue weighted by molar-refractivity contribution is 7.15. The average Bonchev–Trinajstić information content (AvgIpc) is 2.97. The monoisotopic (exact) mass is 286 g/mol. The minimum atomic E-state index is -0.815. The Bertz CT molecular complexity index is 714. The molecule has 2 heterocycles. The van der Waals surface area contributed by atoms with Gasteiger partial charge in [-0.25, -0.2) is 4.98 Å². The van der Waals surface area contributed by atoms with Crippen LogP contribution in [0.5, 0.6) is 0 Å². The zero-order valence-corrected chi connectivity index (χ0v) is 11.8. The highest BCUT2D eigenvalue weighted by atomic mass is 32.1. The van der Waals surface area contributed by atoms with E-state index in [9.17, 15) is 9.90 Å². The number of benzene rings is 1. The van der Waals surface area contributed by atoms with Crippen LogP contribution in [0.1, 0.15) is 22.7 Å². The summed E-state index contributed by atoms with van der Waals surface area (Å²) in [5.74, 6) is -1.37. The van der Waals surface area contributed by atoms with E-state index in [2.05, 4.69) is 4.98 Å². The summed E-state index contributed by atoms with van der Waals surface area (Å²) in [4.78, 5) is 16.9. The molecule has 1 N–H and O–H groups in total. The summed E-state index contributed by atoms with van der Waals surface area (Å²) in [5.41, 5.74) is 2.75. The van der Waals surface area contributed by atoms with Gasteiger partial charge < -0.3 is 5.11 Å². The Labute approximate surface area is 120 Å². The molecule has 1 atom stereocenters. The van der Waals surface area contributed by atoms with Gasteiger partial charge in [0.1, 0.15) is 0 Å². The second-order valence-corrected chi connectivity index (χ2v) is 5.70. The van der Waals surface area contributed by atoms with Crippen molar-refractivity contribution in [2.75, 3.05) is 0 Å². The van der Waals surface area contributed by atoms with Crippen LogP contribution < -0.4 is 0 Å². The third-order valence-corrected chi connectivity index (χ3v) is 4.10. The van der Waals surface area contributed by atoms with Gasteiger partial charge in [0, 0.05) is 24.2 Å². The number of hydrogen-bond acceptors (Lipinski definition) is 3. The maximum Gasteiger partial charge on any atom is 0.311 e. The number of hydrogen-bond donors (Lipinski definition) is 1. The summed E-state index contributed by atoms with van der Waals surface area (Å²) in [5, 5.41) is 11.4. The van der Waals surface area contributed by atoms with Crippen LogP contribution in [-0.2, 0) is 11.2 Å². The Kier molecular flexibility index (Phi) is 3.28. The van der Waals surface area contributed by atoms with E-state index < -0.39 is 11.9 Å². The van der Waals surface area contributed by atoms with E-state index in [-0.39, 0.29) is 0 Å². The fourth-order valence-electron chi connectivity index (χ4n) is 2.23. The third kappa shape index (κ3) is 2.44. The van der Waals surface area contributed by atoms with Gasteiger partial charge in [0.2, 0.25) is 0 Å². The molecule has 1 unspecified atom stereocenters. The van der Waals surface area contributed by atoms with Crippen LogP contribution in [0, 0.1) is 6.92 Å². The zero-order valence-electron chi connectivity index (χ0n) is 11.0. The lowest BCUT2D eigenvalue weighted by molar-refractivity contribution is -0.138. The Morgan fingerprint density at radius 3 is 2.80 bits per heavy atom. The number of aryl methyl sites for hydroxylation is 1. The Hall–Kier alpha value is -2.14. The Morgan fingerprint density at radius 2 is 2.15 bits per heavy atom. The fraction of sp³-hybridized carbons (Fsp3) is 0.200. The van der Waals surface area contributed by atoms with E-state index in [0.29, 0.717) is 6.42 Å². The van der Waals surface area contributed by atoms with Gasteiger partial charge in [0.15, 0.2) is 4.96 Å². The number of nitrogens with zero attached hydrogens (tertiary/aromatic N) is 2. The smallest absolute Gasteiger partial charge is 0.311 e. The molecule has 3 aromatic rings. The first-order valence-electron chi connectivity index (χ1n) is 6.34. The minimum absolute atomic E-state index is 0.410. The number of fused-ring (bicyclic) bond motifs is 1. The number of rotatable bonds is 4. The van der Waals surface area contributed by atoms with E-state index in [1.54, 1.807) is 11.3 Å². The number of aromatic nitrogens is 2. The first-order chi connectivity index (χ1) is 9.63. The van der Waals surface area contributed by atoms with Crippen molar-refractivity contribution in [3.8, 4) is 0 Å². The molecule has 102 valence electrons. The number of carboxylic acids is 1. The quantitative estimate of drug-likeness (QED) is 0.801. The van der Waals surface area contributed by atoms with Gasteiger partial charge in [-0.05, 0) is 12.5 Å². The second kappa shape index (κ2) is 5.09. The van der Waals surface area contributed by atoms with E-state index in [1.165, 1.54) is 0 Å². The molecule has 20 heavy (non-hydrogen) atoms. The molecular formula is C15H14N2O2S. The van der Waals surface area contributed by atoms with Crippen LogP contribution in [0.15, 0.2) is 42.0 Å². The molecule has 0 radical (unpaired) electrons. The summed E-state index contributed by atoms with van der Waals surface area (Å²) in [6.45, 7) is 1.99. The van der Waals surface area contributed by atoms with Crippen molar-refractivity contribution >= 4 is 22.3 Å². The van der Waals surface area contributed by atoms with Gasteiger partial charge in [-0.15, -0.1) is 11.3 Å². The predicted octanol–water partition coefficient (Wildman–Crippen LogP) is 3.12. The van der Waals surface area contributed by atoms with Crippen molar-refractivity contribution in [2.45, 2.75) is 19.3 Å². The lowest BCUT2D eigenvalue weighted by Gasteiger charge is -2.11. The molecule has 4 nitrogen and oxygen atoms in total. The molecule has 0 fully saturated rings. The van der Waals surface area contributed by atoms with Gasteiger partial charge in [-0.1, -0.05) is 29.8 Å². The molecule has 0 saturated heterocycles. The first kappa shape index (κ1) is 12.9. The van der Waals surface area contributed by atoms with Gasteiger partial charge >= 0.3 is 5.97 Å². The van der Waals surface area contributed by atoms with Crippen LogP contribution >= 0.6 is 11.3 Å². The number of imidazole rings is 1. The maximum atomic E-state index is 11.5. The van der Waals surface area contributed by atoms with E-state index in [4.69, 9.17) is 0 Å². The highest BCUT2D eigenvalue weighted by Crippen LogP contribution is 2.22. The standard InChI is InChI=1S/C15H14N2O2S/c1-10-2-4-11(5-3-10)13(14(18)19)8-12-9-17-6-7-20-15(17)16-12/h2-7,9,13H,8H2,1H3,(H,18,19). The summed E-state index contributed by atoms with van der Waals surface area (Å²) in [6.07, 6.45) is 4.24. The summed E-state index contributed by atoms with van der Waals surface area (Å²) >= 11 is 1.55. The number of thiazole rings is 1. The Morgan fingerprint density at radius 1 is 1.40 bits per heavy atom. The van der Waals surface area contributed by atoms with Crippen LogP contribution in [0.3, 0.4) is 0 Å². The molecule has 0 amide bonds. The maximum absolute atomic E-state index is 11.5. The van der Waals surface area contributed by atoms with E-state index in [0.717, 1.165) is 21.8 Å². The van der Waals surface area contributed by atoms with Gasteiger partial charge in [-0.2, -0.15) is 0 Å². The molecule has 3 rings (SSSR count). The summed E-state index contributed by atoms with van der Waals surface area (Å²) in [7, 11) is 0. The normalized spacial score (nSPS) is 12.7. The largest absolute Gasteiger partial charge is 0.481 e. The molecule has 5 heteroatoms. The SMILES string of the molecule is Cc1ccc(C(Cc2cn3ccsc3n2)C(=O)O)cc1. The van der Waals surface area contributed by atoms with Crippen molar-refractivity contribution in [3.63, 3.8) is 0 Å². The molecule has 1 aromatic carbocycles. The molecular weight excluding hydrogens is 272 g/mol. The summed E-state index contributed by atoms with van der Waals surface area (Å²) < 4.78 is 1.92. The van der Waals surface area contributed by atoms with E-state index in [1.807, 2.05) is 53.4 Å². The van der Waals surface area contributed by atoms with Crippen LogP contribution in [-0.4, -0.2) is 20.5 Å². The van der Waals surface area contributed by atoms with Crippen molar-refractivity contribution in [1.29, 1.82) is 0 Å². The lowest BCUT2D eigenvalue weighted by Crippen LogP contribution is -2.14. The molecule has 0 aliphatic carbocycles. The highest BCUT2D eigenvalue weighted by Gasteiger charge is 2.21. The second-order valence-electron chi connectivity index (χ2n) is 4.83. The van der Waals surface area contributed by atoms with Crippen molar-refractivity contribution in [1.82, 2.24) is 9.38 Å². The van der Waals surface area contributed by atoms with Gasteiger partial charge in [0.05, 0.1) is 11.6 Å². The van der Waals surface area contributed by atoms with Crippen LogP contribution in [0.2, 0.25) is 0 Å². The molecule has 0 aliphatic heterocycles. The van der Waals surface area contributed by atoms with Gasteiger partial charge in [-0.3, -0.25) is 9.20 Å². The number of carbonyl (C=O) groups is 1. The lowest BCUT2D eigenvalue weighted by atomic mass is 9.94. The Balaban J connectivity index is 1.89. The van der Waals surface area contributed by atoms with Crippen molar-refractivity contribution in [3.05, 3.63) is 58.9 Å². The zero-order chi connectivity index (χ0) is 14.1. The number of carboxylic acid groups (broad SMARTS) is 1. The van der Waals surface area contributed by atoms with Crippen LogP contribution in [0.4, 0.5) is 0 Å². The van der Waals surface area contributed by atoms with Crippen LogP contribution in [0.25, 0.3) is 4.96 Å². The predicted molar refractivity (Wildman–Crippen MR) is 78.3 cm³/mol. The van der Waals surface area contributed by atoms with Crippen molar-refractivity contribution in [2.24, 2.45) is 0 Å². The molecule has 0 aliphatic rings. The fourth-order valence-corrected chi connectivity index (χ4v) is 2.95. The third-order valence-electron chi connectivity index (χ3n) is 3.33. The molecule has 0 bridgehead atoms. The average molecular weight is 286 g/mol. The first-order valence-corrected chi connectivity index (χ1v) is 7.22. The minimum Gasteiger partial charge on any atom is -0.481 e. The molecule has 0 spiro atoms.